The van der Waals surface area contributed by atoms with E-state index in [4.69, 9.17) is 15.5 Å². The van der Waals surface area contributed by atoms with Gasteiger partial charge in [-0.05, 0) is 12.8 Å². The number of nitriles is 1. The van der Waals surface area contributed by atoms with E-state index >= 15 is 0 Å². The van der Waals surface area contributed by atoms with Gasteiger partial charge in [0.15, 0.2) is 0 Å². The molecule has 0 aliphatic rings. The molecule has 1 atom stereocenters. The number of allylic oxidation sites excluding steroid dienone is 2. The molecule has 0 saturated carbocycles. The third-order valence-electron chi connectivity index (χ3n) is 1.42. The summed E-state index contributed by atoms with van der Waals surface area (Å²) in [7, 11) is 0. The summed E-state index contributed by atoms with van der Waals surface area (Å²) < 4.78 is 0. The van der Waals surface area contributed by atoms with Crippen LogP contribution in [-0.2, 0) is 0 Å². The van der Waals surface area contributed by atoms with Gasteiger partial charge >= 0.3 is 6.09 Å². The van der Waals surface area contributed by atoms with E-state index in [1.807, 2.05) is 6.07 Å². The standard InChI is InChI=1S/C8H12N2O3/c9-5-3-1-2-4-7(6-11)10-8(12)13/h1,3,7,10-11H,2,4,6H2,(H,12,13). The minimum Gasteiger partial charge on any atom is -0.465 e. The molecule has 0 aromatic rings. The fourth-order valence-electron chi connectivity index (χ4n) is 0.817. The van der Waals surface area contributed by atoms with Crippen LogP contribution in [0.3, 0.4) is 0 Å². The van der Waals surface area contributed by atoms with Gasteiger partial charge in [-0.2, -0.15) is 5.26 Å². The largest absolute Gasteiger partial charge is 0.465 e. The summed E-state index contributed by atoms with van der Waals surface area (Å²) in [6.45, 7) is -0.229. The molecule has 1 amide bonds. The third kappa shape index (κ3) is 6.84. The SMILES string of the molecule is N#CC=CCCC(CO)NC(=O)O. The van der Waals surface area contributed by atoms with Gasteiger partial charge in [0.1, 0.15) is 0 Å². The highest BCUT2D eigenvalue weighted by atomic mass is 16.4. The maximum atomic E-state index is 10.2. The number of nitrogens with one attached hydrogen (secondary N) is 1. The summed E-state index contributed by atoms with van der Waals surface area (Å²) in [5, 5.41) is 27.3. The third-order valence-corrected chi connectivity index (χ3v) is 1.42. The van der Waals surface area contributed by atoms with Crippen LogP contribution in [0.4, 0.5) is 4.79 Å². The van der Waals surface area contributed by atoms with Crippen LogP contribution in [0.2, 0.25) is 0 Å². The molecular formula is C8H12N2O3. The van der Waals surface area contributed by atoms with Gasteiger partial charge in [0.25, 0.3) is 0 Å². The van der Waals surface area contributed by atoms with Gasteiger partial charge in [0.2, 0.25) is 0 Å². The molecule has 0 radical (unpaired) electrons. The average Bonchev–Trinajstić information content (AvgIpc) is 2.09. The highest BCUT2D eigenvalue weighted by Crippen LogP contribution is 1.97. The van der Waals surface area contributed by atoms with Crippen molar-refractivity contribution in [2.24, 2.45) is 0 Å². The second-order valence-corrected chi connectivity index (χ2v) is 2.44. The lowest BCUT2D eigenvalue weighted by Crippen LogP contribution is -2.36. The molecule has 0 fully saturated rings. The van der Waals surface area contributed by atoms with Crippen LogP contribution in [-0.4, -0.2) is 29.0 Å². The Balaban J connectivity index is 3.67. The van der Waals surface area contributed by atoms with Crippen molar-refractivity contribution in [3.8, 4) is 6.07 Å². The van der Waals surface area contributed by atoms with Gasteiger partial charge in [-0.1, -0.05) is 6.08 Å². The summed E-state index contributed by atoms with van der Waals surface area (Å²) in [4.78, 5) is 10.2. The lowest BCUT2D eigenvalue weighted by Gasteiger charge is -2.11. The topological polar surface area (TPSA) is 93.4 Å². The van der Waals surface area contributed by atoms with Gasteiger partial charge < -0.3 is 15.5 Å². The number of carboxylic acid groups (broad SMARTS) is 1. The summed E-state index contributed by atoms with van der Waals surface area (Å²) in [6, 6.07) is 1.36. The molecule has 0 bridgehead atoms. The number of rotatable bonds is 5. The van der Waals surface area contributed by atoms with Crippen LogP contribution < -0.4 is 5.32 Å². The molecular weight excluding hydrogens is 172 g/mol. The van der Waals surface area contributed by atoms with Gasteiger partial charge in [-0.15, -0.1) is 0 Å². The van der Waals surface area contributed by atoms with Gasteiger partial charge in [-0.25, -0.2) is 4.79 Å². The van der Waals surface area contributed by atoms with Crippen LogP contribution in [0.25, 0.3) is 0 Å². The zero-order valence-electron chi connectivity index (χ0n) is 7.10. The Morgan fingerprint density at radius 3 is 2.85 bits per heavy atom. The minimum absolute atomic E-state index is 0.229. The van der Waals surface area contributed by atoms with Crippen molar-refractivity contribution in [2.75, 3.05) is 6.61 Å². The normalized spacial score (nSPS) is 12.3. The molecule has 0 aromatic heterocycles. The molecule has 5 heteroatoms. The van der Waals surface area contributed by atoms with Crippen molar-refractivity contribution in [3.63, 3.8) is 0 Å². The Hall–Kier alpha value is -1.54. The zero-order valence-corrected chi connectivity index (χ0v) is 7.10. The first-order valence-electron chi connectivity index (χ1n) is 3.85. The maximum Gasteiger partial charge on any atom is 0.404 e. The molecule has 5 nitrogen and oxygen atoms in total. The number of aliphatic hydroxyl groups is 1. The van der Waals surface area contributed by atoms with Crippen molar-refractivity contribution in [1.82, 2.24) is 5.32 Å². The van der Waals surface area contributed by atoms with E-state index in [-0.39, 0.29) is 6.61 Å². The number of nitrogens with zero attached hydrogens (tertiary/aromatic N) is 1. The lowest BCUT2D eigenvalue weighted by molar-refractivity contribution is 0.175. The monoisotopic (exact) mass is 184 g/mol. The molecule has 0 aliphatic carbocycles. The van der Waals surface area contributed by atoms with Crippen LogP contribution in [0, 0.1) is 11.3 Å². The zero-order chi connectivity index (χ0) is 10.1. The summed E-state index contributed by atoms with van der Waals surface area (Å²) in [6.07, 6.45) is 2.87. The van der Waals surface area contributed by atoms with Gasteiger partial charge in [0, 0.05) is 6.08 Å². The van der Waals surface area contributed by atoms with E-state index < -0.39 is 12.1 Å². The van der Waals surface area contributed by atoms with Crippen LogP contribution >= 0.6 is 0 Å². The van der Waals surface area contributed by atoms with E-state index in [0.717, 1.165) is 0 Å². The van der Waals surface area contributed by atoms with E-state index in [9.17, 15) is 4.79 Å². The van der Waals surface area contributed by atoms with Crippen molar-refractivity contribution >= 4 is 6.09 Å². The molecule has 13 heavy (non-hydrogen) atoms. The van der Waals surface area contributed by atoms with E-state index in [2.05, 4.69) is 5.32 Å². The van der Waals surface area contributed by atoms with Crippen molar-refractivity contribution in [2.45, 2.75) is 18.9 Å². The van der Waals surface area contributed by atoms with Gasteiger partial charge in [-0.3, -0.25) is 0 Å². The number of amides is 1. The first-order chi connectivity index (χ1) is 6.20. The smallest absolute Gasteiger partial charge is 0.404 e. The molecule has 3 N–H and O–H groups in total. The molecule has 0 heterocycles. The average molecular weight is 184 g/mol. The number of hydrogen-bond acceptors (Lipinski definition) is 3. The minimum atomic E-state index is -1.15. The van der Waals surface area contributed by atoms with Crippen molar-refractivity contribution < 1.29 is 15.0 Å². The first-order valence-corrected chi connectivity index (χ1v) is 3.85. The summed E-state index contributed by atoms with van der Waals surface area (Å²) >= 11 is 0. The summed E-state index contributed by atoms with van der Waals surface area (Å²) in [5.74, 6) is 0. The van der Waals surface area contributed by atoms with Crippen molar-refractivity contribution in [1.29, 1.82) is 5.26 Å². The van der Waals surface area contributed by atoms with E-state index in [1.165, 1.54) is 6.08 Å². The quantitative estimate of drug-likeness (QED) is 0.541. The second-order valence-electron chi connectivity index (χ2n) is 2.44. The second kappa shape index (κ2) is 7.13. The highest BCUT2D eigenvalue weighted by Gasteiger charge is 2.07. The molecule has 0 rings (SSSR count). The Labute approximate surface area is 76.3 Å². The van der Waals surface area contributed by atoms with Crippen LogP contribution in [0.1, 0.15) is 12.8 Å². The lowest BCUT2D eigenvalue weighted by atomic mass is 10.1. The molecule has 0 aromatic carbocycles. The number of carbonyl (C=O) groups is 1. The maximum absolute atomic E-state index is 10.2. The molecule has 0 aliphatic heterocycles. The molecule has 72 valence electrons. The summed E-state index contributed by atoms with van der Waals surface area (Å²) in [5.41, 5.74) is 0. The molecule has 0 saturated heterocycles. The van der Waals surface area contributed by atoms with E-state index in [0.29, 0.717) is 12.8 Å². The Bertz CT molecular complexity index is 220. The Morgan fingerprint density at radius 1 is 1.69 bits per heavy atom. The molecule has 1 unspecified atom stereocenters. The van der Waals surface area contributed by atoms with Crippen molar-refractivity contribution in [3.05, 3.63) is 12.2 Å². The highest BCUT2D eigenvalue weighted by molar-refractivity contribution is 5.64. The van der Waals surface area contributed by atoms with Crippen LogP contribution in [0.15, 0.2) is 12.2 Å². The first kappa shape index (κ1) is 11.5. The van der Waals surface area contributed by atoms with E-state index in [1.54, 1.807) is 6.08 Å². The molecule has 0 spiro atoms. The fourth-order valence-corrected chi connectivity index (χ4v) is 0.817. The predicted molar refractivity (Wildman–Crippen MR) is 46.0 cm³/mol. The van der Waals surface area contributed by atoms with Gasteiger partial charge in [0.05, 0.1) is 18.7 Å². The Morgan fingerprint density at radius 2 is 2.38 bits per heavy atom. The fraction of sp³-hybridized carbons (Fsp3) is 0.500. The van der Waals surface area contributed by atoms with Crippen LogP contribution in [0.5, 0.6) is 0 Å². The Kier molecular flexibility index (Phi) is 6.28. The predicted octanol–water partition coefficient (Wildman–Crippen LogP) is 0.475. The number of hydrogen-bond donors (Lipinski definition) is 3. The number of aliphatic hydroxyl groups excluding tert-OH is 1.